The van der Waals surface area contributed by atoms with Gasteiger partial charge in [0.05, 0.1) is 11.1 Å². The molecule has 0 atom stereocenters. The fourth-order valence-electron chi connectivity index (χ4n) is 4.12. The molecule has 3 aromatic carbocycles. The van der Waals surface area contributed by atoms with Crippen molar-refractivity contribution in [1.82, 2.24) is 9.55 Å². The molecule has 0 fully saturated rings. The number of hydrogen-bond acceptors (Lipinski definition) is 1. The SMILES string of the molecule is Cc1ccc2[nH]cc(-c3c(-c4ccccc4)c4cc(Cl)ccc4n(C)c3=O)c2c1. The summed E-state index contributed by atoms with van der Waals surface area (Å²) in [5.74, 6) is 0. The number of benzene rings is 3. The number of H-pyrrole nitrogens is 1. The van der Waals surface area contributed by atoms with Crippen LogP contribution in [0.2, 0.25) is 5.02 Å². The normalized spacial score (nSPS) is 11.4. The van der Waals surface area contributed by atoms with Gasteiger partial charge in [-0.25, -0.2) is 0 Å². The molecule has 1 N–H and O–H groups in total. The van der Waals surface area contributed by atoms with Crippen molar-refractivity contribution < 1.29 is 0 Å². The van der Waals surface area contributed by atoms with Gasteiger partial charge in [-0.2, -0.15) is 0 Å². The molecule has 2 aromatic heterocycles. The minimum atomic E-state index is -0.0268. The molecule has 0 radical (unpaired) electrons. The van der Waals surface area contributed by atoms with E-state index in [1.165, 1.54) is 0 Å². The van der Waals surface area contributed by atoms with E-state index in [9.17, 15) is 4.79 Å². The van der Waals surface area contributed by atoms with Gasteiger partial charge < -0.3 is 9.55 Å². The summed E-state index contributed by atoms with van der Waals surface area (Å²) < 4.78 is 1.71. The predicted octanol–water partition coefficient (Wildman–Crippen LogP) is 6.32. The second-order valence-corrected chi connectivity index (χ2v) is 7.83. The molecule has 3 nitrogen and oxygen atoms in total. The molecule has 0 aliphatic carbocycles. The van der Waals surface area contributed by atoms with E-state index in [4.69, 9.17) is 11.6 Å². The van der Waals surface area contributed by atoms with Crippen molar-refractivity contribution in [3.8, 4) is 22.3 Å². The van der Waals surface area contributed by atoms with E-state index in [-0.39, 0.29) is 5.56 Å². The van der Waals surface area contributed by atoms with Crippen LogP contribution in [0.3, 0.4) is 0 Å². The maximum absolute atomic E-state index is 13.6. The first-order chi connectivity index (χ1) is 14.0. The highest BCUT2D eigenvalue weighted by Crippen LogP contribution is 2.39. The highest BCUT2D eigenvalue weighted by atomic mass is 35.5. The van der Waals surface area contributed by atoms with Crippen LogP contribution in [0, 0.1) is 6.92 Å². The smallest absolute Gasteiger partial charge is 0.259 e. The lowest BCUT2D eigenvalue weighted by Gasteiger charge is -2.16. The molecule has 0 unspecified atom stereocenters. The Hall–Kier alpha value is -3.30. The van der Waals surface area contributed by atoms with E-state index < -0.39 is 0 Å². The van der Waals surface area contributed by atoms with Gasteiger partial charge in [-0.3, -0.25) is 4.79 Å². The minimum absolute atomic E-state index is 0.0268. The number of halogens is 1. The molecule has 4 heteroatoms. The summed E-state index contributed by atoms with van der Waals surface area (Å²) >= 11 is 6.37. The summed E-state index contributed by atoms with van der Waals surface area (Å²) in [5, 5.41) is 2.65. The largest absolute Gasteiger partial charge is 0.361 e. The van der Waals surface area contributed by atoms with Gasteiger partial charge in [-0.1, -0.05) is 53.6 Å². The van der Waals surface area contributed by atoms with Crippen LogP contribution in [0.4, 0.5) is 0 Å². The summed E-state index contributed by atoms with van der Waals surface area (Å²) in [6.45, 7) is 2.06. The van der Waals surface area contributed by atoms with Gasteiger partial charge in [-0.05, 0) is 42.8 Å². The second-order valence-electron chi connectivity index (χ2n) is 7.39. The van der Waals surface area contributed by atoms with Gasteiger partial charge in [0, 0.05) is 45.7 Å². The number of aryl methyl sites for hydroxylation is 2. The van der Waals surface area contributed by atoms with Crippen molar-refractivity contribution in [2.24, 2.45) is 7.05 Å². The molecule has 5 rings (SSSR count). The molecule has 29 heavy (non-hydrogen) atoms. The number of aromatic nitrogens is 2. The predicted molar refractivity (Wildman–Crippen MR) is 122 cm³/mol. The zero-order valence-corrected chi connectivity index (χ0v) is 16.9. The number of nitrogens with zero attached hydrogens (tertiary/aromatic N) is 1. The first kappa shape index (κ1) is 17.8. The standard InChI is InChI=1S/C25H19ClN2O/c1-15-8-10-21-18(12-15)20(14-27-21)24-23(16-6-4-3-5-7-16)19-13-17(26)9-11-22(19)28(2)25(24)29/h3-14,27H,1-2H3. The Balaban J connectivity index is 2.01. The molecule has 0 saturated heterocycles. The summed E-state index contributed by atoms with van der Waals surface area (Å²) in [6, 6.07) is 22.0. The Kier molecular flexibility index (Phi) is 4.07. The van der Waals surface area contributed by atoms with Crippen molar-refractivity contribution in [1.29, 1.82) is 0 Å². The number of fused-ring (bicyclic) bond motifs is 2. The lowest BCUT2D eigenvalue weighted by Crippen LogP contribution is -2.20. The second kappa shape index (κ2) is 6.64. The molecule has 2 heterocycles. The quantitative estimate of drug-likeness (QED) is 0.371. The third-order valence-electron chi connectivity index (χ3n) is 5.53. The van der Waals surface area contributed by atoms with Crippen molar-refractivity contribution in [2.75, 3.05) is 0 Å². The summed E-state index contributed by atoms with van der Waals surface area (Å²) in [5.41, 5.74) is 6.50. The summed E-state index contributed by atoms with van der Waals surface area (Å²) in [6.07, 6.45) is 1.93. The van der Waals surface area contributed by atoms with Crippen LogP contribution in [-0.4, -0.2) is 9.55 Å². The lowest BCUT2D eigenvalue weighted by molar-refractivity contribution is 0.910. The van der Waals surface area contributed by atoms with Crippen LogP contribution in [0.25, 0.3) is 44.1 Å². The Bertz CT molecular complexity index is 1450. The van der Waals surface area contributed by atoms with E-state index in [0.29, 0.717) is 10.6 Å². The van der Waals surface area contributed by atoms with Gasteiger partial charge in [0.15, 0.2) is 0 Å². The van der Waals surface area contributed by atoms with E-state index >= 15 is 0 Å². The number of pyridine rings is 1. The Morgan fingerprint density at radius 2 is 1.69 bits per heavy atom. The van der Waals surface area contributed by atoms with Gasteiger partial charge in [0.2, 0.25) is 0 Å². The van der Waals surface area contributed by atoms with Crippen molar-refractivity contribution in [2.45, 2.75) is 6.92 Å². The van der Waals surface area contributed by atoms with Crippen LogP contribution in [0.5, 0.6) is 0 Å². The average molecular weight is 399 g/mol. The number of nitrogens with one attached hydrogen (secondary N) is 1. The molecule has 0 aliphatic heterocycles. The minimum Gasteiger partial charge on any atom is -0.361 e. The molecule has 142 valence electrons. The van der Waals surface area contributed by atoms with Gasteiger partial charge >= 0.3 is 0 Å². The number of rotatable bonds is 2. The first-order valence-corrected chi connectivity index (χ1v) is 9.88. The Morgan fingerprint density at radius 1 is 0.897 bits per heavy atom. The van der Waals surface area contributed by atoms with Crippen LogP contribution in [0.15, 0.2) is 77.7 Å². The maximum atomic E-state index is 13.6. The van der Waals surface area contributed by atoms with Crippen molar-refractivity contribution in [3.05, 3.63) is 93.9 Å². The van der Waals surface area contributed by atoms with Gasteiger partial charge in [0.25, 0.3) is 5.56 Å². The summed E-state index contributed by atoms with van der Waals surface area (Å²) in [4.78, 5) is 16.9. The van der Waals surface area contributed by atoms with Crippen molar-refractivity contribution >= 4 is 33.4 Å². The molecule has 0 aliphatic rings. The van der Waals surface area contributed by atoms with Crippen LogP contribution >= 0.6 is 11.6 Å². The molecular formula is C25H19ClN2O. The van der Waals surface area contributed by atoms with Crippen LogP contribution in [0.1, 0.15) is 5.56 Å². The van der Waals surface area contributed by atoms with Gasteiger partial charge in [0.1, 0.15) is 0 Å². The van der Waals surface area contributed by atoms with Gasteiger partial charge in [-0.15, -0.1) is 0 Å². The number of hydrogen-bond donors (Lipinski definition) is 1. The highest BCUT2D eigenvalue weighted by molar-refractivity contribution is 6.31. The lowest BCUT2D eigenvalue weighted by atomic mass is 9.91. The molecule has 0 bridgehead atoms. The fraction of sp³-hybridized carbons (Fsp3) is 0.0800. The molecule has 0 saturated carbocycles. The highest BCUT2D eigenvalue weighted by Gasteiger charge is 2.21. The molecule has 5 aromatic rings. The van der Waals surface area contributed by atoms with Crippen LogP contribution in [-0.2, 0) is 7.05 Å². The zero-order chi connectivity index (χ0) is 20.1. The van der Waals surface area contributed by atoms with Crippen molar-refractivity contribution in [3.63, 3.8) is 0 Å². The maximum Gasteiger partial charge on any atom is 0.259 e. The molecule has 0 spiro atoms. The monoisotopic (exact) mass is 398 g/mol. The fourth-order valence-corrected chi connectivity index (χ4v) is 4.29. The van der Waals surface area contributed by atoms with E-state index in [2.05, 4.69) is 30.1 Å². The summed E-state index contributed by atoms with van der Waals surface area (Å²) in [7, 11) is 1.82. The van der Waals surface area contributed by atoms with E-state index in [0.717, 1.165) is 44.1 Å². The third kappa shape index (κ3) is 2.78. The topological polar surface area (TPSA) is 37.8 Å². The van der Waals surface area contributed by atoms with E-state index in [1.54, 1.807) is 4.57 Å². The first-order valence-electron chi connectivity index (χ1n) is 9.50. The van der Waals surface area contributed by atoms with E-state index in [1.807, 2.05) is 61.8 Å². The molecule has 0 amide bonds. The number of aromatic amines is 1. The average Bonchev–Trinajstić information content (AvgIpc) is 3.13. The Morgan fingerprint density at radius 3 is 2.48 bits per heavy atom. The Labute approximate surface area is 173 Å². The molecular weight excluding hydrogens is 380 g/mol. The van der Waals surface area contributed by atoms with Crippen LogP contribution < -0.4 is 5.56 Å². The third-order valence-corrected chi connectivity index (χ3v) is 5.76. The zero-order valence-electron chi connectivity index (χ0n) is 16.2.